The van der Waals surface area contributed by atoms with Crippen LogP contribution >= 0.6 is 0 Å². The van der Waals surface area contributed by atoms with Gasteiger partial charge in [0.2, 0.25) is 0 Å². The molecule has 17 heavy (non-hydrogen) atoms. The third-order valence-electron chi connectivity index (χ3n) is 0.930. The van der Waals surface area contributed by atoms with E-state index in [9.17, 15) is 26.4 Å². The van der Waals surface area contributed by atoms with Gasteiger partial charge in [-0.05, 0) is 0 Å². The fraction of sp³-hybridized carbons (Fsp3) is 0.500. The van der Waals surface area contributed by atoms with Crippen molar-refractivity contribution in [2.24, 2.45) is 0 Å². The molecule has 0 rings (SSSR count). The third kappa shape index (κ3) is 12.7. The van der Waals surface area contributed by atoms with Crippen molar-refractivity contribution in [1.29, 1.82) is 0 Å². The zero-order valence-electron chi connectivity index (χ0n) is 8.10. The first-order chi connectivity index (χ1) is 6.99. The minimum Gasteiger partial charge on any atom is -0.344 e. The highest BCUT2D eigenvalue weighted by atomic mass is 32.3. The Morgan fingerprint density at radius 3 is 1.24 bits per heavy atom. The average molecular weight is 295 g/mol. The van der Waals surface area contributed by atoms with Crippen LogP contribution in [0.5, 0.6) is 0 Å². The zero-order chi connectivity index (χ0) is 13.0. The molecule has 0 aliphatic rings. The van der Waals surface area contributed by atoms with Gasteiger partial charge in [0.1, 0.15) is 0 Å². The van der Waals surface area contributed by atoms with Crippen molar-refractivity contribution in [1.82, 2.24) is 6.15 Å². The Bertz CT molecular complexity index is 428. The van der Waals surface area contributed by atoms with E-state index in [0.29, 0.717) is 0 Å². The van der Waals surface area contributed by atoms with Crippen LogP contribution in [0.4, 0.5) is 0 Å². The maximum atomic E-state index is 10.5. The molecule has 0 aliphatic heterocycles. The standard InChI is InChI=1S/C4H6O10S2.H3N/c5-3(13-15(7,8)9)1-2-4(6)14-16(10,11)12;/h1-2H2,(H,7,8,9)(H,10,11,12);1H3. The Morgan fingerprint density at radius 1 is 0.824 bits per heavy atom. The summed E-state index contributed by atoms with van der Waals surface area (Å²) >= 11 is 0. The fourth-order valence-corrected chi connectivity index (χ4v) is 1.16. The molecule has 0 bridgehead atoms. The molecule has 0 unspecified atom stereocenters. The predicted octanol–water partition coefficient (Wildman–Crippen LogP) is -1.38. The molecule has 0 saturated carbocycles. The molecule has 5 N–H and O–H groups in total. The lowest BCUT2D eigenvalue weighted by Crippen LogP contribution is -2.16. The number of hydrogen-bond acceptors (Lipinski definition) is 9. The number of hydrogen-bond donors (Lipinski definition) is 3. The van der Waals surface area contributed by atoms with Gasteiger partial charge in [-0.2, -0.15) is 16.8 Å². The maximum Gasteiger partial charge on any atom is 0.448 e. The minimum atomic E-state index is -4.98. The van der Waals surface area contributed by atoms with E-state index < -0.39 is 45.6 Å². The molecule has 0 aromatic carbocycles. The van der Waals surface area contributed by atoms with E-state index in [1.54, 1.807) is 0 Å². The number of rotatable bonds is 5. The van der Waals surface area contributed by atoms with Crippen LogP contribution in [-0.2, 0) is 38.8 Å². The minimum absolute atomic E-state index is 0. The SMILES string of the molecule is N.O=C(CCC(=O)OS(=O)(=O)O)OS(=O)(=O)O. The molecular formula is C4H9NO10S2. The van der Waals surface area contributed by atoms with Crippen LogP contribution in [0, 0.1) is 0 Å². The lowest BCUT2D eigenvalue weighted by atomic mass is 10.3. The summed E-state index contributed by atoms with van der Waals surface area (Å²) < 4.78 is 62.7. The Hall–Kier alpha value is -1.28. The second kappa shape index (κ2) is 6.45. The van der Waals surface area contributed by atoms with Crippen molar-refractivity contribution >= 4 is 32.7 Å². The van der Waals surface area contributed by atoms with Crippen molar-refractivity contribution in [3.63, 3.8) is 0 Å². The van der Waals surface area contributed by atoms with Gasteiger partial charge in [-0.15, -0.1) is 0 Å². The van der Waals surface area contributed by atoms with E-state index in [4.69, 9.17) is 9.11 Å². The van der Waals surface area contributed by atoms with Gasteiger partial charge in [-0.1, -0.05) is 0 Å². The van der Waals surface area contributed by atoms with Gasteiger partial charge in [0, 0.05) is 0 Å². The summed E-state index contributed by atoms with van der Waals surface area (Å²) in [5.74, 6) is -2.98. The summed E-state index contributed by atoms with van der Waals surface area (Å²) in [5, 5.41) is 0. The molecule has 102 valence electrons. The van der Waals surface area contributed by atoms with E-state index in [1.807, 2.05) is 0 Å². The highest BCUT2D eigenvalue weighted by molar-refractivity contribution is 7.81. The monoisotopic (exact) mass is 295 g/mol. The summed E-state index contributed by atoms with van der Waals surface area (Å²) in [7, 11) is -9.95. The van der Waals surface area contributed by atoms with Gasteiger partial charge in [0.15, 0.2) is 0 Å². The van der Waals surface area contributed by atoms with Crippen LogP contribution in [-0.4, -0.2) is 37.9 Å². The highest BCUT2D eigenvalue weighted by Gasteiger charge is 2.18. The molecule has 13 heteroatoms. The summed E-state index contributed by atoms with van der Waals surface area (Å²) in [6.07, 6.45) is -1.71. The summed E-state index contributed by atoms with van der Waals surface area (Å²) in [5.41, 5.74) is 0. The van der Waals surface area contributed by atoms with E-state index in [-0.39, 0.29) is 6.15 Å². The van der Waals surface area contributed by atoms with Crippen LogP contribution in [0.15, 0.2) is 0 Å². The fourth-order valence-electron chi connectivity index (χ4n) is 0.522. The van der Waals surface area contributed by atoms with Gasteiger partial charge < -0.3 is 14.5 Å². The Morgan fingerprint density at radius 2 is 1.06 bits per heavy atom. The van der Waals surface area contributed by atoms with Gasteiger partial charge >= 0.3 is 32.7 Å². The maximum absolute atomic E-state index is 10.5. The van der Waals surface area contributed by atoms with Crippen LogP contribution in [0.25, 0.3) is 0 Å². The predicted molar refractivity (Wildman–Crippen MR) is 49.5 cm³/mol. The normalized spacial score (nSPS) is 11.2. The molecule has 0 aromatic heterocycles. The Labute approximate surface area is 96.2 Å². The smallest absolute Gasteiger partial charge is 0.344 e. The van der Waals surface area contributed by atoms with Gasteiger partial charge in [-0.3, -0.25) is 18.7 Å². The van der Waals surface area contributed by atoms with Crippen molar-refractivity contribution in [3.05, 3.63) is 0 Å². The molecule has 0 aliphatic carbocycles. The van der Waals surface area contributed by atoms with Crippen LogP contribution in [0.3, 0.4) is 0 Å². The Balaban J connectivity index is 0. The molecule has 0 fully saturated rings. The highest BCUT2D eigenvalue weighted by Crippen LogP contribution is 2.00. The van der Waals surface area contributed by atoms with E-state index in [0.717, 1.165) is 0 Å². The third-order valence-corrected chi connectivity index (χ3v) is 1.72. The molecule has 0 amide bonds. The molecule has 0 radical (unpaired) electrons. The molecule has 11 nitrogen and oxygen atoms in total. The first kappa shape index (κ1) is 18.1. The molecular weight excluding hydrogens is 286 g/mol. The van der Waals surface area contributed by atoms with E-state index in [1.165, 1.54) is 0 Å². The molecule has 0 atom stereocenters. The topological polar surface area (TPSA) is 196 Å². The van der Waals surface area contributed by atoms with Crippen LogP contribution in [0.2, 0.25) is 0 Å². The van der Waals surface area contributed by atoms with E-state index >= 15 is 0 Å². The quantitative estimate of drug-likeness (QED) is 0.505. The first-order valence-corrected chi connectivity index (χ1v) is 6.12. The van der Waals surface area contributed by atoms with Gasteiger partial charge in [0.25, 0.3) is 0 Å². The molecule has 0 aromatic rings. The van der Waals surface area contributed by atoms with Crippen molar-refractivity contribution in [2.75, 3.05) is 0 Å². The van der Waals surface area contributed by atoms with Crippen LogP contribution in [0.1, 0.15) is 12.8 Å². The lowest BCUT2D eigenvalue weighted by molar-refractivity contribution is -0.140. The largest absolute Gasteiger partial charge is 0.448 e. The molecule has 0 heterocycles. The van der Waals surface area contributed by atoms with Crippen LogP contribution < -0.4 is 6.15 Å². The number of carbonyl (C=O) groups is 2. The molecule has 0 spiro atoms. The summed E-state index contributed by atoms with van der Waals surface area (Å²) in [6.45, 7) is 0. The lowest BCUT2D eigenvalue weighted by Gasteiger charge is -2.00. The summed E-state index contributed by atoms with van der Waals surface area (Å²) in [4.78, 5) is 21.1. The zero-order valence-corrected chi connectivity index (χ0v) is 9.73. The first-order valence-electron chi connectivity index (χ1n) is 3.39. The van der Waals surface area contributed by atoms with Crippen molar-refractivity contribution in [2.45, 2.75) is 12.8 Å². The van der Waals surface area contributed by atoms with Crippen molar-refractivity contribution in [3.8, 4) is 0 Å². The number of carbonyl (C=O) groups excluding carboxylic acids is 2. The van der Waals surface area contributed by atoms with E-state index in [2.05, 4.69) is 8.37 Å². The van der Waals surface area contributed by atoms with Gasteiger partial charge in [-0.25, -0.2) is 0 Å². The van der Waals surface area contributed by atoms with Crippen molar-refractivity contribution < 1.29 is 43.9 Å². The Kier molecular flexibility index (Phi) is 6.87. The summed E-state index contributed by atoms with van der Waals surface area (Å²) in [6, 6.07) is 0. The average Bonchev–Trinajstić information content (AvgIpc) is 1.94. The second-order valence-corrected chi connectivity index (χ2v) is 4.31. The molecule has 0 saturated heterocycles. The second-order valence-electron chi connectivity index (χ2n) is 2.27. The van der Waals surface area contributed by atoms with Gasteiger partial charge in [0.05, 0.1) is 12.8 Å².